The zero-order valence-electron chi connectivity index (χ0n) is 13.2. The van der Waals surface area contributed by atoms with Gasteiger partial charge in [0.25, 0.3) is 0 Å². The first-order valence-corrected chi connectivity index (χ1v) is 8.90. The van der Waals surface area contributed by atoms with E-state index in [9.17, 15) is 5.11 Å². The predicted octanol–water partition coefficient (Wildman–Crippen LogP) is 5.83. The van der Waals surface area contributed by atoms with Crippen molar-refractivity contribution in [3.8, 4) is 0 Å². The second-order valence-corrected chi connectivity index (χ2v) is 8.23. The molecule has 0 aromatic rings. The maximum atomic E-state index is 10.3. The minimum atomic E-state index is -0.605. The molecule has 3 unspecified atom stereocenters. The Bertz CT molecular complexity index is 479. The molecule has 0 aromatic carbocycles. The van der Waals surface area contributed by atoms with Crippen molar-refractivity contribution in [2.75, 3.05) is 6.54 Å². The fourth-order valence-electron chi connectivity index (χ4n) is 2.84. The number of aliphatic hydroxyl groups excluding tert-OH is 1. The van der Waals surface area contributed by atoms with Crippen LogP contribution in [0.5, 0.6) is 0 Å². The number of aliphatic imine (C=N–C) groups is 1. The van der Waals surface area contributed by atoms with E-state index in [0.29, 0.717) is 11.5 Å². The highest BCUT2D eigenvalue weighted by molar-refractivity contribution is 6.95. The molecule has 22 heavy (non-hydrogen) atoms. The van der Waals surface area contributed by atoms with Gasteiger partial charge in [-0.1, -0.05) is 35.7 Å². The summed E-state index contributed by atoms with van der Waals surface area (Å²) < 4.78 is -0.0448. The van der Waals surface area contributed by atoms with Gasteiger partial charge < -0.3 is 5.11 Å². The molecule has 0 heterocycles. The molecule has 0 amide bonds. The van der Waals surface area contributed by atoms with Crippen LogP contribution in [0, 0.1) is 5.41 Å². The SMILES string of the molecule is CC(C)=CCCC1(C)CC(=C(Cl)CN=C(Cl)Cl)CC(O)C1Cl. The van der Waals surface area contributed by atoms with Crippen molar-refractivity contribution in [3.05, 3.63) is 22.3 Å². The number of rotatable bonds is 5. The number of halogens is 4. The monoisotopic (exact) mass is 385 g/mol. The molecular formula is C16H23Cl4NO. The van der Waals surface area contributed by atoms with Gasteiger partial charge in [-0.15, -0.1) is 11.6 Å². The van der Waals surface area contributed by atoms with Gasteiger partial charge in [0.2, 0.25) is 0 Å². The first-order valence-electron chi connectivity index (χ1n) is 7.33. The molecule has 1 aliphatic rings. The summed E-state index contributed by atoms with van der Waals surface area (Å²) in [5.41, 5.74) is 2.07. The summed E-state index contributed by atoms with van der Waals surface area (Å²) in [4.78, 5) is 3.91. The van der Waals surface area contributed by atoms with Gasteiger partial charge >= 0.3 is 0 Å². The molecule has 1 N–H and O–H groups in total. The third-order valence-electron chi connectivity index (χ3n) is 4.07. The minimum Gasteiger partial charge on any atom is -0.391 e. The summed E-state index contributed by atoms with van der Waals surface area (Å²) in [6.45, 7) is 6.50. The van der Waals surface area contributed by atoms with Gasteiger partial charge in [0.15, 0.2) is 4.63 Å². The van der Waals surface area contributed by atoms with Crippen LogP contribution in [0.4, 0.5) is 0 Å². The summed E-state index contributed by atoms with van der Waals surface area (Å²) in [6.07, 6.45) is 4.65. The maximum absolute atomic E-state index is 10.3. The lowest BCUT2D eigenvalue weighted by atomic mass is 9.69. The second-order valence-electron chi connectivity index (χ2n) is 6.39. The van der Waals surface area contributed by atoms with Gasteiger partial charge in [-0.25, -0.2) is 0 Å². The van der Waals surface area contributed by atoms with Crippen LogP contribution in [-0.2, 0) is 0 Å². The zero-order chi connectivity index (χ0) is 16.9. The Kier molecular flexibility index (Phi) is 8.25. The van der Waals surface area contributed by atoms with Crippen LogP contribution >= 0.6 is 46.4 Å². The first kappa shape index (κ1) is 20.3. The standard InChI is InChI=1S/C16H23Cl4NO/c1-10(2)5-4-6-16(3)8-11(7-13(22)14(16)18)12(17)9-21-15(19)20/h5,13-14,22H,4,6-9H2,1-3H3. The third kappa shape index (κ3) is 6.05. The van der Waals surface area contributed by atoms with E-state index in [1.54, 1.807) is 0 Å². The Labute approximate surface area is 153 Å². The smallest absolute Gasteiger partial charge is 0.192 e. The molecule has 3 atom stereocenters. The van der Waals surface area contributed by atoms with Crippen LogP contribution in [0.2, 0.25) is 0 Å². The fourth-order valence-corrected chi connectivity index (χ4v) is 3.44. The van der Waals surface area contributed by atoms with Crippen molar-refractivity contribution >= 4 is 51.0 Å². The average molecular weight is 387 g/mol. The molecule has 0 bridgehead atoms. The molecule has 0 spiro atoms. The largest absolute Gasteiger partial charge is 0.391 e. The van der Waals surface area contributed by atoms with Crippen molar-refractivity contribution in [1.82, 2.24) is 0 Å². The number of hydrogen-bond acceptors (Lipinski definition) is 2. The number of aliphatic hydroxyl groups is 1. The van der Waals surface area contributed by atoms with Crippen molar-refractivity contribution in [2.45, 2.75) is 57.9 Å². The highest BCUT2D eigenvalue weighted by Crippen LogP contribution is 2.46. The van der Waals surface area contributed by atoms with Gasteiger partial charge in [-0.05, 0) is 68.1 Å². The third-order valence-corrected chi connectivity index (χ3v) is 5.51. The van der Waals surface area contributed by atoms with Crippen LogP contribution in [-0.4, -0.2) is 27.8 Å². The van der Waals surface area contributed by atoms with Gasteiger partial charge in [0.05, 0.1) is 18.0 Å². The molecule has 0 aliphatic heterocycles. The average Bonchev–Trinajstić information content (AvgIpc) is 2.41. The molecule has 0 aromatic heterocycles. The van der Waals surface area contributed by atoms with Crippen molar-refractivity contribution in [3.63, 3.8) is 0 Å². The van der Waals surface area contributed by atoms with E-state index in [2.05, 4.69) is 31.8 Å². The van der Waals surface area contributed by atoms with Crippen LogP contribution in [0.3, 0.4) is 0 Å². The predicted molar refractivity (Wildman–Crippen MR) is 98.5 cm³/mol. The van der Waals surface area contributed by atoms with Crippen LogP contribution in [0.15, 0.2) is 27.2 Å². The highest BCUT2D eigenvalue weighted by atomic mass is 35.5. The van der Waals surface area contributed by atoms with E-state index in [1.807, 2.05) is 0 Å². The molecule has 6 heteroatoms. The molecule has 0 radical (unpaired) electrons. The van der Waals surface area contributed by atoms with E-state index in [4.69, 9.17) is 46.4 Å². The lowest BCUT2D eigenvalue weighted by molar-refractivity contribution is 0.0824. The number of hydrogen-bond donors (Lipinski definition) is 1. The molecule has 1 rings (SSSR count). The Morgan fingerprint density at radius 1 is 1.36 bits per heavy atom. The van der Waals surface area contributed by atoms with Gasteiger partial charge in [0.1, 0.15) is 0 Å². The zero-order valence-corrected chi connectivity index (χ0v) is 16.2. The summed E-state index contributed by atoms with van der Waals surface area (Å²) in [6, 6.07) is 0. The molecule has 0 saturated heterocycles. The maximum Gasteiger partial charge on any atom is 0.192 e. The van der Waals surface area contributed by atoms with E-state index < -0.39 is 6.10 Å². The summed E-state index contributed by atoms with van der Waals surface area (Å²) in [5, 5.41) is 10.6. The Morgan fingerprint density at radius 2 is 2.00 bits per heavy atom. The number of allylic oxidation sites excluding steroid dienone is 2. The molecular weight excluding hydrogens is 364 g/mol. The van der Waals surface area contributed by atoms with E-state index >= 15 is 0 Å². The van der Waals surface area contributed by atoms with Gasteiger partial charge in [-0.2, -0.15) is 0 Å². The van der Waals surface area contributed by atoms with E-state index in [-0.39, 0.29) is 22.0 Å². The summed E-state index contributed by atoms with van der Waals surface area (Å²) in [7, 11) is 0. The molecule has 1 aliphatic carbocycles. The molecule has 2 nitrogen and oxygen atoms in total. The van der Waals surface area contributed by atoms with Crippen LogP contribution in [0.25, 0.3) is 0 Å². The number of alkyl halides is 1. The molecule has 126 valence electrons. The quantitative estimate of drug-likeness (QED) is 0.360. The summed E-state index contributed by atoms with van der Waals surface area (Å²) >= 11 is 23.8. The lowest BCUT2D eigenvalue weighted by Gasteiger charge is -2.42. The van der Waals surface area contributed by atoms with Crippen LogP contribution < -0.4 is 0 Å². The van der Waals surface area contributed by atoms with Gasteiger partial charge in [0, 0.05) is 5.03 Å². The fraction of sp³-hybridized carbons (Fsp3) is 0.688. The van der Waals surface area contributed by atoms with Crippen molar-refractivity contribution < 1.29 is 5.11 Å². The topological polar surface area (TPSA) is 32.6 Å². The van der Waals surface area contributed by atoms with Crippen LogP contribution in [0.1, 0.15) is 46.5 Å². The summed E-state index contributed by atoms with van der Waals surface area (Å²) in [5.74, 6) is 0. The Morgan fingerprint density at radius 3 is 2.55 bits per heavy atom. The van der Waals surface area contributed by atoms with Crippen molar-refractivity contribution in [1.29, 1.82) is 0 Å². The highest BCUT2D eigenvalue weighted by Gasteiger charge is 2.42. The second kappa shape index (κ2) is 8.94. The van der Waals surface area contributed by atoms with E-state index in [1.165, 1.54) is 5.57 Å². The lowest BCUT2D eigenvalue weighted by Crippen LogP contribution is -2.42. The minimum absolute atomic E-state index is 0.0448. The van der Waals surface area contributed by atoms with Crippen molar-refractivity contribution in [2.24, 2.45) is 10.4 Å². The van der Waals surface area contributed by atoms with E-state index in [0.717, 1.165) is 24.8 Å². The number of nitrogens with zero attached hydrogens (tertiary/aromatic N) is 1. The Balaban J connectivity index is 2.91. The molecule has 1 fully saturated rings. The first-order chi connectivity index (χ1) is 10.2. The van der Waals surface area contributed by atoms with Gasteiger partial charge in [-0.3, -0.25) is 4.99 Å². The Hall–Kier alpha value is 0.270. The molecule has 1 saturated carbocycles. The normalized spacial score (nSPS) is 30.7.